The molecule has 0 aliphatic carbocycles. The normalized spacial score (nSPS) is 15.8. The number of alkyl halides is 3. The highest BCUT2D eigenvalue weighted by atomic mass is 32.2. The minimum Gasteiger partial charge on any atom is -0.326 e. The lowest BCUT2D eigenvalue weighted by atomic mass is 10.2. The van der Waals surface area contributed by atoms with Crippen molar-refractivity contribution < 1.29 is 22.8 Å². The Labute approximate surface area is 186 Å². The first kappa shape index (κ1) is 22.8. The third-order valence-corrected chi connectivity index (χ3v) is 5.64. The molecule has 1 aliphatic rings. The summed E-state index contributed by atoms with van der Waals surface area (Å²) in [7, 11) is 0. The molecule has 2 aromatic rings. The van der Waals surface area contributed by atoms with Gasteiger partial charge in [-0.25, -0.2) is 0 Å². The van der Waals surface area contributed by atoms with Gasteiger partial charge in [-0.1, -0.05) is 72.5 Å². The molecule has 4 nitrogen and oxygen atoms in total. The number of halogens is 3. The Kier molecular flexibility index (Phi) is 7.29. The van der Waals surface area contributed by atoms with E-state index in [-0.39, 0.29) is 24.6 Å². The van der Waals surface area contributed by atoms with Crippen molar-refractivity contribution in [1.29, 1.82) is 0 Å². The Balaban J connectivity index is 1.56. The second-order valence-electron chi connectivity index (χ2n) is 6.50. The maximum atomic E-state index is 12.8. The first-order valence-corrected chi connectivity index (χ1v) is 10.4. The molecule has 0 radical (unpaired) electrons. The number of carbonyl (C=O) groups excluding carboxylic acids is 2. The van der Waals surface area contributed by atoms with Crippen LogP contribution in [0.1, 0.15) is 17.5 Å². The number of rotatable bonds is 6. The van der Waals surface area contributed by atoms with Crippen molar-refractivity contribution in [2.45, 2.75) is 12.6 Å². The highest BCUT2D eigenvalue weighted by Gasteiger charge is 2.32. The molecular formula is C22H17F3N2O2S2. The molecule has 1 N–H and O–H groups in total. The molecule has 0 spiro atoms. The summed E-state index contributed by atoms with van der Waals surface area (Å²) in [6.45, 7) is 0.0369. The zero-order chi connectivity index (χ0) is 22.4. The van der Waals surface area contributed by atoms with Crippen LogP contribution in [-0.2, 0) is 15.8 Å². The number of anilines is 1. The minimum atomic E-state index is -4.50. The molecule has 0 atom stereocenters. The van der Waals surface area contributed by atoms with Crippen molar-refractivity contribution in [3.63, 3.8) is 0 Å². The van der Waals surface area contributed by atoms with Gasteiger partial charge in [-0.3, -0.25) is 14.5 Å². The molecule has 0 unspecified atom stereocenters. The third kappa shape index (κ3) is 6.28. The number of thiocarbonyl (C=S) groups is 1. The van der Waals surface area contributed by atoms with Gasteiger partial charge in [-0.2, -0.15) is 13.2 Å². The number of allylic oxidation sites excluding steroid dienone is 2. The highest BCUT2D eigenvalue weighted by Crippen LogP contribution is 2.32. The summed E-state index contributed by atoms with van der Waals surface area (Å²) in [5.41, 5.74) is 0.174. The lowest BCUT2D eigenvalue weighted by molar-refractivity contribution is -0.137. The van der Waals surface area contributed by atoms with E-state index < -0.39 is 17.6 Å². The second kappa shape index (κ2) is 9.93. The number of nitrogens with zero attached hydrogens (tertiary/aromatic N) is 1. The summed E-state index contributed by atoms with van der Waals surface area (Å²) in [5.74, 6) is -0.819. The summed E-state index contributed by atoms with van der Waals surface area (Å²) in [4.78, 5) is 26.4. The molecule has 1 aliphatic heterocycles. The SMILES string of the molecule is O=C(CCN1C(=O)/C(=C/C=C/c2ccccc2)SC1=S)Nc1cccc(C(F)(F)F)c1. The number of hydrogen-bond acceptors (Lipinski definition) is 4. The van der Waals surface area contributed by atoms with Gasteiger partial charge in [-0.05, 0) is 29.8 Å². The minimum absolute atomic E-state index is 0.0369. The standard InChI is InChI=1S/C22H17F3N2O2S2/c23-22(24,25)16-9-5-10-17(14-16)26-19(28)12-13-27-20(29)18(31-21(27)30)11-4-8-15-6-2-1-3-7-15/h1-11,14H,12-13H2,(H,26,28)/b8-4+,18-11-. The average molecular weight is 463 g/mol. The fourth-order valence-electron chi connectivity index (χ4n) is 2.73. The molecule has 0 bridgehead atoms. The van der Waals surface area contributed by atoms with E-state index in [4.69, 9.17) is 12.2 Å². The Morgan fingerprint density at radius 1 is 1.13 bits per heavy atom. The van der Waals surface area contributed by atoms with Gasteiger partial charge in [0, 0.05) is 18.7 Å². The van der Waals surface area contributed by atoms with Gasteiger partial charge < -0.3 is 5.32 Å². The van der Waals surface area contributed by atoms with Gasteiger partial charge in [0.05, 0.1) is 10.5 Å². The highest BCUT2D eigenvalue weighted by molar-refractivity contribution is 8.26. The zero-order valence-corrected chi connectivity index (χ0v) is 17.7. The Morgan fingerprint density at radius 2 is 1.87 bits per heavy atom. The van der Waals surface area contributed by atoms with E-state index >= 15 is 0 Å². The predicted molar refractivity (Wildman–Crippen MR) is 120 cm³/mol. The molecule has 9 heteroatoms. The van der Waals surface area contributed by atoms with E-state index in [0.717, 1.165) is 29.5 Å². The molecule has 0 saturated carbocycles. The van der Waals surface area contributed by atoms with Gasteiger partial charge in [0.15, 0.2) is 0 Å². The van der Waals surface area contributed by atoms with Crippen LogP contribution in [0.4, 0.5) is 18.9 Å². The molecule has 3 rings (SSSR count). The van der Waals surface area contributed by atoms with E-state index in [2.05, 4.69) is 5.32 Å². The number of carbonyl (C=O) groups is 2. The van der Waals surface area contributed by atoms with E-state index in [9.17, 15) is 22.8 Å². The maximum Gasteiger partial charge on any atom is 0.416 e. The summed E-state index contributed by atoms with van der Waals surface area (Å²) in [6, 6.07) is 14.0. The van der Waals surface area contributed by atoms with Crippen LogP contribution in [0, 0.1) is 0 Å². The van der Waals surface area contributed by atoms with Crippen molar-refractivity contribution in [2.24, 2.45) is 0 Å². The summed E-state index contributed by atoms with van der Waals surface area (Å²) < 4.78 is 38.7. The third-order valence-electron chi connectivity index (χ3n) is 4.25. The van der Waals surface area contributed by atoms with Crippen LogP contribution in [0.3, 0.4) is 0 Å². The van der Waals surface area contributed by atoms with Crippen molar-refractivity contribution in [3.8, 4) is 0 Å². The van der Waals surface area contributed by atoms with Crippen LogP contribution in [0.15, 0.2) is 71.7 Å². The largest absolute Gasteiger partial charge is 0.416 e. The van der Waals surface area contributed by atoms with E-state index in [1.165, 1.54) is 17.0 Å². The fourth-order valence-corrected chi connectivity index (χ4v) is 3.99. The van der Waals surface area contributed by atoms with Gasteiger partial charge in [-0.15, -0.1) is 0 Å². The van der Waals surface area contributed by atoms with E-state index in [1.54, 1.807) is 12.2 Å². The fraction of sp³-hybridized carbons (Fsp3) is 0.136. The predicted octanol–water partition coefficient (Wildman–Crippen LogP) is 5.49. The topological polar surface area (TPSA) is 49.4 Å². The van der Waals surface area contributed by atoms with Crippen LogP contribution < -0.4 is 5.32 Å². The first-order valence-electron chi connectivity index (χ1n) is 9.18. The Hall–Kier alpha value is -2.91. The molecule has 160 valence electrons. The number of benzene rings is 2. The first-order chi connectivity index (χ1) is 14.7. The van der Waals surface area contributed by atoms with Gasteiger partial charge in [0.2, 0.25) is 5.91 Å². The molecule has 2 amide bonds. The maximum absolute atomic E-state index is 12.8. The molecule has 1 fully saturated rings. The van der Waals surface area contributed by atoms with E-state index in [0.29, 0.717) is 9.23 Å². The van der Waals surface area contributed by atoms with Crippen molar-refractivity contribution in [2.75, 3.05) is 11.9 Å². The molecule has 1 heterocycles. The van der Waals surface area contributed by atoms with Gasteiger partial charge >= 0.3 is 6.18 Å². The molecule has 1 saturated heterocycles. The monoisotopic (exact) mass is 462 g/mol. The summed E-state index contributed by atoms with van der Waals surface area (Å²) in [5, 5.41) is 2.42. The molecular weight excluding hydrogens is 445 g/mol. The quantitative estimate of drug-likeness (QED) is 0.456. The smallest absolute Gasteiger partial charge is 0.326 e. The zero-order valence-electron chi connectivity index (χ0n) is 16.1. The molecule has 31 heavy (non-hydrogen) atoms. The van der Waals surface area contributed by atoms with Crippen molar-refractivity contribution in [1.82, 2.24) is 4.90 Å². The van der Waals surface area contributed by atoms with Crippen molar-refractivity contribution >= 4 is 51.9 Å². The summed E-state index contributed by atoms with van der Waals surface area (Å²) in [6.07, 6.45) is 0.672. The number of thioether (sulfide) groups is 1. The average Bonchev–Trinajstić information content (AvgIpc) is 2.99. The van der Waals surface area contributed by atoms with Crippen LogP contribution in [-0.4, -0.2) is 27.6 Å². The van der Waals surface area contributed by atoms with E-state index in [1.807, 2.05) is 36.4 Å². The summed E-state index contributed by atoms with van der Waals surface area (Å²) >= 11 is 6.36. The lowest BCUT2D eigenvalue weighted by Crippen LogP contribution is -2.31. The molecule has 0 aromatic heterocycles. The number of hydrogen-bond donors (Lipinski definition) is 1. The number of amides is 2. The van der Waals surface area contributed by atoms with Crippen LogP contribution >= 0.6 is 24.0 Å². The van der Waals surface area contributed by atoms with Crippen LogP contribution in [0.25, 0.3) is 6.08 Å². The van der Waals surface area contributed by atoms with Crippen LogP contribution in [0.2, 0.25) is 0 Å². The Morgan fingerprint density at radius 3 is 2.58 bits per heavy atom. The van der Waals surface area contributed by atoms with Gasteiger partial charge in [0.25, 0.3) is 5.91 Å². The van der Waals surface area contributed by atoms with Crippen molar-refractivity contribution in [3.05, 3.63) is 82.8 Å². The Bertz CT molecular complexity index is 1050. The lowest BCUT2D eigenvalue weighted by Gasteiger charge is -2.14. The second-order valence-corrected chi connectivity index (χ2v) is 8.18. The van der Waals surface area contributed by atoms with Crippen LogP contribution in [0.5, 0.6) is 0 Å². The van der Waals surface area contributed by atoms with Gasteiger partial charge in [0.1, 0.15) is 4.32 Å². The molecule has 2 aromatic carbocycles. The number of nitrogens with one attached hydrogen (secondary N) is 1.